The van der Waals surface area contributed by atoms with Gasteiger partial charge in [0, 0.05) is 35.8 Å². The Bertz CT molecular complexity index is 929. The van der Waals surface area contributed by atoms with E-state index in [9.17, 15) is 9.18 Å². The van der Waals surface area contributed by atoms with Crippen molar-refractivity contribution in [1.29, 1.82) is 0 Å². The van der Waals surface area contributed by atoms with Crippen LogP contribution in [0, 0.1) is 5.82 Å². The van der Waals surface area contributed by atoms with Gasteiger partial charge in [0.1, 0.15) is 10.7 Å². The third kappa shape index (κ3) is 2.93. The zero-order valence-electron chi connectivity index (χ0n) is 13.7. The molecule has 6 heteroatoms. The van der Waals surface area contributed by atoms with Gasteiger partial charge in [-0.15, -0.1) is 11.3 Å². The van der Waals surface area contributed by atoms with Crippen LogP contribution in [0.3, 0.4) is 0 Å². The SMILES string of the molecule is COCc1c(C(=O)NN2Cc3ccccc3C2)sc2cccc(F)c12. The summed E-state index contributed by atoms with van der Waals surface area (Å²) in [5.41, 5.74) is 5.98. The molecular formula is C19H17FN2O2S. The number of methoxy groups -OCH3 is 1. The van der Waals surface area contributed by atoms with Crippen LogP contribution in [-0.2, 0) is 24.4 Å². The number of hydrazine groups is 1. The summed E-state index contributed by atoms with van der Waals surface area (Å²) in [6.45, 7) is 1.53. The van der Waals surface area contributed by atoms with Crippen molar-refractivity contribution in [3.05, 3.63) is 69.8 Å². The smallest absolute Gasteiger partial charge is 0.276 e. The van der Waals surface area contributed by atoms with Gasteiger partial charge in [-0.3, -0.25) is 10.2 Å². The lowest BCUT2D eigenvalue weighted by Crippen LogP contribution is -2.38. The number of carbonyl (C=O) groups excluding carboxylic acids is 1. The standard InChI is InChI=1S/C19H17FN2O2S/c1-24-11-14-17-15(20)7-4-8-16(17)25-18(14)19(23)21-22-9-12-5-2-3-6-13(12)10-22/h2-8H,9-11H2,1H3,(H,21,23). The van der Waals surface area contributed by atoms with Crippen LogP contribution in [0.2, 0.25) is 0 Å². The number of nitrogens with one attached hydrogen (secondary N) is 1. The number of rotatable bonds is 4. The molecule has 0 unspecified atom stereocenters. The lowest BCUT2D eigenvalue weighted by atomic mass is 10.1. The monoisotopic (exact) mass is 356 g/mol. The summed E-state index contributed by atoms with van der Waals surface area (Å²) in [7, 11) is 1.54. The van der Waals surface area contributed by atoms with Gasteiger partial charge in [0.25, 0.3) is 5.91 Å². The van der Waals surface area contributed by atoms with E-state index >= 15 is 0 Å². The Balaban J connectivity index is 1.62. The molecule has 2 aromatic carbocycles. The van der Waals surface area contributed by atoms with Crippen LogP contribution in [0.1, 0.15) is 26.4 Å². The number of carbonyl (C=O) groups is 1. The molecule has 1 aromatic heterocycles. The maximum Gasteiger partial charge on any atom is 0.276 e. The fourth-order valence-electron chi connectivity index (χ4n) is 3.24. The summed E-state index contributed by atoms with van der Waals surface area (Å²) < 4.78 is 20.2. The van der Waals surface area contributed by atoms with E-state index in [4.69, 9.17) is 4.74 Å². The van der Waals surface area contributed by atoms with E-state index in [0.29, 0.717) is 28.9 Å². The highest BCUT2D eigenvalue weighted by Gasteiger charge is 2.24. The van der Waals surface area contributed by atoms with E-state index in [-0.39, 0.29) is 18.3 Å². The molecule has 1 aliphatic heterocycles. The second-order valence-electron chi connectivity index (χ2n) is 6.02. The van der Waals surface area contributed by atoms with E-state index in [1.807, 2.05) is 23.2 Å². The summed E-state index contributed by atoms with van der Waals surface area (Å²) >= 11 is 1.29. The Morgan fingerprint density at radius 1 is 1.20 bits per heavy atom. The second kappa shape index (κ2) is 6.55. The molecule has 1 amide bonds. The Labute approximate surface area is 148 Å². The van der Waals surface area contributed by atoms with Crippen molar-refractivity contribution in [2.75, 3.05) is 7.11 Å². The van der Waals surface area contributed by atoms with E-state index < -0.39 is 0 Å². The zero-order valence-corrected chi connectivity index (χ0v) is 14.5. The summed E-state index contributed by atoms with van der Waals surface area (Å²) in [5, 5.41) is 2.36. The first-order valence-electron chi connectivity index (χ1n) is 7.99. The summed E-state index contributed by atoms with van der Waals surface area (Å²) in [6.07, 6.45) is 0. The minimum absolute atomic E-state index is 0.198. The molecule has 128 valence electrons. The van der Waals surface area contributed by atoms with Gasteiger partial charge in [-0.05, 0) is 23.3 Å². The number of fused-ring (bicyclic) bond motifs is 2. The largest absolute Gasteiger partial charge is 0.380 e. The van der Waals surface area contributed by atoms with Gasteiger partial charge in [0.05, 0.1) is 6.61 Å². The number of hydrogen-bond acceptors (Lipinski definition) is 4. The normalized spacial score (nSPS) is 14.0. The van der Waals surface area contributed by atoms with Crippen LogP contribution in [0.15, 0.2) is 42.5 Å². The average molecular weight is 356 g/mol. The van der Waals surface area contributed by atoms with Crippen LogP contribution in [-0.4, -0.2) is 18.0 Å². The average Bonchev–Trinajstić information content (AvgIpc) is 3.17. The molecule has 0 saturated carbocycles. The molecule has 4 rings (SSSR count). The van der Waals surface area contributed by atoms with Crippen LogP contribution in [0.5, 0.6) is 0 Å². The highest BCUT2D eigenvalue weighted by Crippen LogP contribution is 2.34. The number of hydrogen-bond donors (Lipinski definition) is 1. The molecular weight excluding hydrogens is 339 g/mol. The number of benzene rings is 2. The Hall–Kier alpha value is -2.28. The molecule has 0 saturated heterocycles. The maximum absolute atomic E-state index is 14.2. The minimum Gasteiger partial charge on any atom is -0.380 e. The van der Waals surface area contributed by atoms with Crippen LogP contribution >= 0.6 is 11.3 Å². The zero-order chi connectivity index (χ0) is 17.4. The molecule has 25 heavy (non-hydrogen) atoms. The van der Waals surface area contributed by atoms with Crippen molar-refractivity contribution < 1.29 is 13.9 Å². The van der Waals surface area contributed by atoms with E-state index in [1.54, 1.807) is 13.2 Å². The van der Waals surface area contributed by atoms with Gasteiger partial charge in [-0.1, -0.05) is 30.3 Å². The van der Waals surface area contributed by atoms with Gasteiger partial charge < -0.3 is 4.74 Å². The molecule has 0 spiro atoms. The van der Waals surface area contributed by atoms with Gasteiger partial charge in [0.15, 0.2) is 0 Å². The third-order valence-corrected chi connectivity index (χ3v) is 5.55. The first kappa shape index (κ1) is 16.2. The van der Waals surface area contributed by atoms with Gasteiger partial charge >= 0.3 is 0 Å². The van der Waals surface area contributed by atoms with Gasteiger partial charge in [-0.2, -0.15) is 0 Å². The number of amides is 1. The van der Waals surface area contributed by atoms with Gasteiger partial charge in [0.2, 0.25) is 0 Å². The molecule has 0 fully saturated rings. The molecule has 4 nitrogen and oxygen atoms in total. The minimum atomic E-state index is -0.326. The van der Waals surface area contributed by atoms with Crippen molar-refractivity contribution >= 4 is 27.3 Å². The first-order valence-corrected chi connectivity index (χ1v) is 8.80. The van der Waals surface area contributed by atoms with Crippen molar-refractivity contribution in [2.45, 2.75) is 19.7 Å². The van der Waals surface area contributed by atoms with Crippen LogP contribution in [0.4, 0.5) is 4.39 Å². The lowest BCUT2D eigenvalue weighted by Gasteiger charge is -2.16. The maximum atomic E-state index is 14.2. The quantitative estimate of drug-likeness (QED) is 0.772. The number of thiophene rings is 1. The predicted molar refractivity (Wildman–Crippen MR) is 95.7 cm³/mol. The third-order valence-electron chi connectivity index (χ3n) is 4.36. The Morgan fingerprint density at radius 3 is 2.60 bits per heavy atom. The highest BCUT2D eigenvalue weighted by atomic mass is 32.1. The molecule has 1 N–H and O–H groups in total. The number of halogens is 1. The van der Waals surface area contributed by atoms with Crippen molar-refractivity contribution in [2.24, 2.45) is 0 Å². The first-order chi connectivity index (χ1) is 12.2. The summed E-state index contributed by atoms with van der Waals surface area (Å²) in [5.74, 6) is -0.547. The summed E-state index contributed by atoms with van der Waals surface area (Å²) in [4.78, 5) is 13.3. The van der Waals surface area contributed by atoms with E-state index in [2.05, 4.69) is 17.6 Å². The molecule has 0 bridgehead atoms. The Kier molecular flexibility index (Phi) is 4.25. The second-order valence-corrected chi connectivity index (χ2v) is 7.07. The Morgan fingerprint density at radius 2 is 1.92 bits per heavy atom. The molecule has 1 aliphatic rings. The number of ether oxygens (including phenoxy) is 1. The predicted octanol–water partition coefficient (Wildman–Crippen LogP) is 3.85. The summed E-state index contributed by atoms with van der Waals surface area (Å²) in [6, 6.07) is 13.0. The van der Waals surface area contributed by atoms with Crippen LogP contribution in [0.25, 0.3) is 10.1 Å². The van der Waals surface area contributed by atoms with E-state index in [0.717, 1.165) is 4.70 Å². The van der Waals surface area contributed by atoms with E-state index in [1.165, 1.54) is 28.5 Å². The van der Waals surface area contributed by atoms with Crippen molar-refractivity contribution in [3.63, 3.8) is 0 Å². The fourth-order valence-corrected chi connectivity index (χ4v) is 4.35. The van der Waals surface area contributed by atoms with Gasteiger partial charge in [-0.25, -0.2) is 9.40 Å². The molecule has 3 aromatic rings. The van der Waals surface area contributed by atoms with Crippen molar-refractivity contribution in [1.82, 2.24) is 10.4 Å². The molecule has 0 atom stereocenters. The fraction of sp³-hybridized carbons (Fsp3) is 0.211. The molecule has 2 heterocycles. The lowest BCUT2D eigenvalue weighted by molar-refractivity contribution is 0.0785. The molecule has 0 aliphatic carbocycles. The van der Waals surface area contributed by atoms with Crippen molar-refractivity contribution in [3.8, 4) is 0 Å². The topological polar surface area (TPSA) is 41.6 Å². The van der Waals surface area contributed by atoms with Crippen LogP contribution < -0.4 is 5.43 Å². The number of nitrogens with zero attached hydrogens (tertiary/aromatic N) is 1. The highest BCUT2D eigenvalue weighted by molar-refractivity contribution is 7.21. The molecule has 0 radical (unpaired) electrons.